The maximum atomic E-state index is 15.2. The summed E-state index contributed by atoms with van der Waals surface area (Å²) in [5, 5.41) is 11.1. The van der Waals surface area contributed by atoms with Gasteiger partial charge < -0.3 is 5.11 Å². The second-order valence-electron chi connectivity index (χ2n) is 12.4. The molecule has 3 fully saturated rings. The molecule has 6 unspecified atom stereocenters. The van der Waals surface area contributed by atoms with Gasteiger partial charge in [0.15, 0.2) is 33.0 Å². The number of rotatable bonds is 4. The Labute approximate surface area is 289 Å². The summed E-state index contributed by atoms with van der Waals surface area (Å²) in [6.45, 7) is 1.93. The van der Waals surface area contributed by atoms with Gasteiger partial charge in [-0.05, 0) is 61.1 Å². The topological polar surface area (TPSA) is 95.0 Å². The normalized spacial score (nSPS) is 29.3. The minimum absolute atomic E-state index is 0.0202. The van der Waals surface area contributed by atoms with Crippen LogP contribution in [0, 0.1) is 46.8 Å². The van der Waals surface area contributed by atoms with E-state index < -0.39 is 104 Å². The highest BCUT2D eigenvalue weighted by molar-refractivity contribution is 6.58. The van der Waals surface area contributed by atoms with Gasteiger partial charge in [-0.25, -0.2) is 26.9 Å². The maximum Gasteiger partial charge on any atom is 0.258 e. The van der Waals surface area contributed by atoms with Gasteiger partial charge in [0.1, 0.15) is 11.4 Å². The van der Waals surface area contributed by atoms with Crippen molar-refractivity contribution in [2.45, 2.75) is 41.9 Å². The zero-order chi connectivity index (χ0) is 35.5. The monoisotopic (exact) mass is 738 g/mol. The van der Waals surface area contributed by atoms with Gasteiger partial charge in [0.2, 0.25) is 17.6 Å². The fourth-order valence-corrected chi connectivity index (χ4v) is 8.91. The number of benzene rings is 3. The standard InChI is InChI=1S/C34H22Cl3F5N2O5/c1-2-13-3-6-15(7-4-13)43-29(46)17-9-8-16-19(21(17)30(43)47)12-33(36)31(48)44(28-26(41)24(39)23(38)25(40)27(28)42)32(49)34(33,37)22(16)18-11-14(35)5-10-20(18)45/h3-8,10-11,17,19,21-22,45H,2,9,12H2,1H3. The van der Waals surface area contributed by atoms with Crippen molar-refractivity contribution >= 4 is 69.8 Å². The fourth-order valence-electron chi connectivity index (χ4n) is 7.80. The number of carbonyl (C=O) groups excluding carboxylic acids is 4. The molecule has 2 heterocycles. The van der Waals surface area contributed by atoms with Crippen molar-refractivity contribution in [2.75, 3.05) is 9.80 Å². The first-order valence-corrected chi connectivity index (χ1v) is 16.2. The fraction of sp³-hybridized carbons (Fsp3) is 0.294. The number of carbonyl (C=O) groups is 4. The number of anilines is 2. The van der Waals surface area contributed by atoms with Crippen molar-refractivity contribution in [3.05, 3.63) is 99.3 Å². The zero-order valence-electron chi connectivity index (χ0n) is 25.0. The van der Waals surface area contributed by atoms with Crippen molar-refractivity contribution in [3.63, 3.8) is 0 Å². The van der Waals surface area contributed by atoms with Gasteiger partial charge in [0, 0.05) is 16.5 Å². The average Bonchev–Trinajstić information content (AvgIpc) is 3.42. The second kappa shape index (κ2) is 11.3. The number of hydrogen-bond donors (Lipinski definition) is 1. The minimum Gasteiger partial charge on any atom is -0.508 e. The molecule has 2 aliphatic heterocycles. The lowest BCUT2D eigenvalue weighted by Gasteiger charge is -2.50. The number of aromatic hydroxyl groups is 1. The van der Waals surface area contributed by atoms with Crippen LogP contribution in [-0.4, -0.2) is 38.5 Å². The average molecular weight is 740 g/mol. The van der Waals surface area contributed by atoms with Crippen LogP contribution in [0.5, 0.6) is 5.75 Å². The molecule has 49 heavy (non-hydrogen) atoms. The largest absolute Gasteiger partial charge is 0.508 e. The minimum atomic E-state index is -2.77. The molecule has 4 amide bonds. The highest BCUT2D eigenvalue weighted by Crippen LogP contribution is 2.67. The lowest BCUT2D eigenvalue weighted by molar-refractivity contribution is -0.125. The number of fused-ring (bicyclic) bond motifs is 4. The molecule has 0 aromatic heterocycles. The number of halogens is 8. The Morgan fingerprint density at radius 1 is 0.816 bits per heavy atom. The van der Waals surface area contributed by atoms with Crippen LogP contribution in [0.2, 0.25) is 5.02 Å². The molecule has 2 aliphatic carbocycles. The van der Waals surface area contributed by atoms with Gasteiger partial charge in [0.05, 0.1) is 17.5 Å². The molecule has 7 nitrogen and oxygen atoms in total. The summed E-state index contributed by atoms with van der Waals surface area (Å²) in [6.07, 6.45) is 1.52. The molecule has 254 valence electrons. The van der Waals surface area contributed by atoms with Crippen LogP contribution in [0.3, 0.4) is 0 Å². The first kappa shape index (κ1) is 33.5. The zero-order valence-corrected chi connectivity index (χ0v) is 27.3. The molecule has 15 heteroatoms. The van der Waals surface area contributed by atoms with E-state index in [1.54, 1.807) is 24.3 Å². The van der Waals surface area contributed by atoms with Crippen LogP contribution in [0.25, 0.3) is 0 Å². The molecule has 0 spiro atoms. The first-order valence-electron chi connectivity index (χ1n) is 15.0. The van der Waals surface area contributed by atoms with Crippen LogP contribution in [0.1, 0.15) is 36.8 Å². The maximum absolute atomic E-state index is 15.2. The molecule has 1 saturated carbocycles. The van der Waals surface area contributed by atoms with E-state index in [0.717, 1.165) is 16.5 Å². The molecular formula is C34H22Cl3F5N2O5. The van der Waals surface area contributed by atoms with E-state index in [0.29, 0.717) is 12.1 Å². The van der Waals surface area contributed by atoms with E-state index in [1.165, 1.54) is 18.2 Å². The van der Waals surface area contributed by atoms with Crippen LogP contribution >= 0.6 is 34.8 Å². The molecule has 7 rings (SSSR count). The summed E-state index contributed by atoms with van der Waals surface area (Å²) in [5.74, 6) is -22.2. The lowest BCUT2D eigenvalue weighted by atomic mass is 9.56. The number of imide groups is 2. The Bertz CT molecular complexity index is 2030. The van der Waals surface area contributed by atoms with Crippen molar-refractivity contribution in [2.24, 2.45) is 17.8 Å². The molecule has 2 saturated heterocycles. The van der Waals surface area contributed by atoms with Gasteiger partial charge in [-0.3, -0.25) is 24.1 Å². The highest BCUT2D eigenvalue weighted by atomic mass is 35.5. The third-order valence-electron chi connectivity index (χ3n) is 10.1. The number of amides is 4. The molecule has 0 bridgehead atoms. The van der Waals surface area contributed by atoms with E-state index in [-0.39, 0.29) is 27.5 Å². The van der Waals surface area contributed by atoms with E-state index in [9.17, 15) is 37.5 Å². The van der Waals surface area contributed by atoms with Crippen LogP contribution in [0.15, 0.2) is 54.1 Å². The Morgan fingerprint density at radius 3 is 2.04 bits per heavy atom. The van der Waals surface area contributed by atoms with Gasteiger partial charge >= 0.3 is 0 Å². The number of nitrogens with zero attached hydrogens (tertiary/aromatic N) is 2. The molecular weight excluding hydrogens is 718 g/mol. The summed E-state index contributed by atoms with van der Waals surface area (Å²) in [5.41, 5.74) is -0.634. The number of hydrogen-bond acceptors (Lipinski definition) is 5. The van der Waals surface area contributed by atoms with Gasteiger partial charge in [-0.1, -0.05) is 42.3 Å². The van der Waals surface area contributed by atoms with Gasteiger partial charge in [-0.2, -0.15) is 0 Å². The third kappa shape index (κ3) is 4.32. The summed E-state index contributed by atoms with van der Waals surface area (Å²) < 4.78 is 73.1. The molecule has 1 N–H and O–H groups in total. The predicted octanol–water partition coefficient (Wildman–Crippen LogP) is 7.07. The molecule has 3 aromatic rings. The highest BCUT2D eigenvalue weighted by Gasteiger charge is 2.77. The van der Waals surface area contributed by atoms with Crippen molar-refractivity contribution in [1.29, 1.82) is 0 Å². The Morgan fingerprint density at radius 2 is 1.43 bits per heavy atom. The molecule has 0 radical (unpaired) electrons. The van der Waals surface area contributed by atoms with E-state index in [2.05, 4.69) is 0 Å². The smallest absolute Gasteiger partial charge is 0.258 e. The van der Waals surface area contributed by atoms with Crippen molar-refractivity contribution < 1.29 is 46.2 Å². The number of alkyl halides is 2. The third-order valence-corrected chi connectivity index (χ3v) is 11.8. The summed E-state index contributed by atoms with van der Waals surface area (Å²) in [7, 11) is 0. The number of aryl methyl sites for hydroxylation is 1. The van der Waals surface area contributed by atoms with Crippen LogP contribution in [0.4, 0.5) is 33.3 Å². The predicted molar refractivity (Wildman–Crippen MR) is 168 cm³/mol. The van der Waals surface area contributed by atoms with Gasteiger partial charge in [-0.15, -0.1) is 23.2 Å². The van der Waals surface area contributed by atoms with E-state index in [1.807, 2.05) is 6.92 Å². The number of allylic oxidation sites excluding steroid dienone is 2. The first-order chi connectivity index (χ1) is 23.1. The summed E-state index contributed by atoms with van der Waals surface area (Å²) in [6, 6.07) is 10.4. The number of phenols is 1. The second-order valence-corrected chi connectivity index (χ2v) is 14.1. The quantitative estimate of drug-likeness (QED) is 0.0772. The lowest BCUT2D eigenvalue weighted by Crippen LogP contribution is -2.60. The SMILES string of the molecule is CCc1ccc(N2C(=O)C3CC=C4C(CC5(Cl)C(=O)N(c6c(F)c(F)c(F)c(F)c6F)C(=O)C5(Cl)C4c4cc(Cl)ccc4O)C3C2=O)cc1. The van der Waals surface area contributed by atoms with Crippen LogP contribution in [-0.2, 0) is 25.6 Å². The van der Waals surface area contributed by atoms with E-state index in [4.69, 9.17) is 34.8 Å². The number of phenolic OH excluding ortho intramolecular Hbond substituents is 1. The van der Waals surface area contributed by atoms with Crippen molar-refractivity contribution in [3.8, 4) is 5.75 Å². The molecule has 6 atom stereocenters. The summed E-state index contributed by atoms with van der Waals surface area (Å²) >= 11 is 20.4. The van der Waals surface area contributed by atoms with E-state index >= 15 is 8.78 Å². The van der Waals surface area contributed by atoms with Gasteiger partial charge in [0.25, 0.3) is 11.8 Å². The summed E-state index contributed by atoms with van der Waals surface area (Å²) in [4.78, 5) is 51.7. The van der Waals surface area contributed by atoms with Crippen LogP contribution < -0.4 is 9.80 Å². The molecule has 4 aliphatic rings. The molecule has 3 aromatic carbocycles. The Balaban J connectivity index is 1.43. The Kier molecular flexibility index (Phi) is 7.70. The Hall–Kier alpha value is -4.00. The van der Waals surface area contributed by atoms with Crippen molar-refractivity contribution in [1.82, 2.24) is 0 Å².